The molecule has 0 aliphatic rings. The fourth-order valence-electron chi connectivity index (χ4n) is 1.82. The van der Waals surface area contributed by atoms with Gasteiger partial charge in [-0.25, -0.2) is 0 Å². The van der Waals surface area contributed by atoms with Gasteiger partial charge in [0.05, 0.1) is 0 Å². The zero-order valence-electron chi connectivity index (χ0n) is 9.64. The second-order valence-corrected chi connectivity index (χ2v) is 3.84. The van der Waals surface area contributed by atoms with Crippen LogP contribution >= 0.6 is 0 Å². The first-order valence-corrected chi connectivity index (χ1v) is 5.49. The summed E-state index contributed by atoms with van der Waals surface area (Å²) in [6.07, 6.45) is 3.70. The average molecular weight is 212 g/mol. The lowest BCUT2D eigenvalue weighted by Crippen LogP contribution is -2.13. The van der Waals surface area contributed by atoms with Crippen molar-refractivity contribution in [2.24, 2.45) is 0 Å². The van der Waals surface area contributed by atoms with Gasteiger partial charge in [0, 0.05) is 24.0 Å². The second-order valence-electron chi connectivity index (χ2n) is 3.84. The zero-order chi connectivity index (χ0) is 11.4. The molecule has 2 aromatic rings. The van der Waals surface area contributed by atoms with Crippen LogP contribution in [0.2, 0.25) is 0 Å². The monoisotopic (exact) mass is 212 g/mol. The number of benzene rings is 1. The van der Waals surface area contributed by atoms with Crippen LogP contribution in [0.15, 0.2) is 48.8 Å². The van der Waals surface area contributed by atoms with Crippen molar-refractivity contribution in [3.8, 4) is 11.1 Å². The summed E-state index contributed by atoms with van der Waals surface area (Å²) in [5.74, 6) is 0. The molecule has 1 heterocycles. The molecule has 1 unspecified atom stereocenters. The lowest BCUT2D eigenvalue weighted by atomic mass is 9.97. The number of aromatic nitrogens is 1. The van der Waals surface area contributed by atoms with E-state index in [2.05, 4.69) is 47.6 Å². The topological polar surface area (TPSA) is 24.9 Å². The Balaban J connectivity index is 2.49. The largest absolute Gasteiger partial charge is 0.313 e. The van der Waals surface area contributed by atoms with Gasteiger partial charge in [0.1, 0.15) is 0 Å². The van der Waals surface area contributed by atoms with E-state index in [0.717, 1.165) is 0 Å². The van der Waals surface area contributed by atoms with Crippen molar-refractivity contribution in [2.75, 3.05) is 7.05 Å². The summed E-state index contributed by atoms with van der Waals surface area (Å²) < 4.78 is 0. The number of nitrogens with zero attached hydrogens (tertiary/aromatic N) is 1. The van der Waals surface area contributed by atoms with Gasteiger partial charge in [-0.3, -0.25) is 4.98 Å². The van der Waals surface area contributed by atoms with E-state index >= 15 is 0 Å². The van der Waals surface area contributed by atoms with Crippen LogP contribution in [0.4, 0.5) is 0 Å². The van der Waals surface area contributed by atoms with Crippen molar-refractivity contribution >= 4 is 0 Å². The summed E-state index contributed by atoms with van der Waals surface area (Å²) in [6.45, 7) is 2.16. The molecule has 0 fully saturated rings. The van der Waals surface area contributed by atoms with E-state index in [1.165, 1.54) is 16.7 Å². The first-order chi connectivity index (χ1) is 7.83. The van der Waals surface area contributed by atoms with Crippen molar-refractivity contribution in [2.45, 2.75) is 13.0 Å². The summed E-state index contributed by atoms with van der Waals surface area (Å²) >= 11 is 0. The molecule has 0 spiro atoms. The van der Waals surface area contributed by atoms with Crippen LogP contribution in [0.5, 0.6) is 0 Å². The minimum Gasteiger partial charge on any atom is -0.313 e. The first kappa shape index (κ1) is 10.8. The summed E-state index contributed by atoms with van der Waals surface area (Å²) in [6, 6.07) is 12.8. The first-order valence-electron chi connectivity index (χ1n) is 5.49. The quantitative estimate of drug-likeness (QED) is 0.846. The van der Waals surface area contributed by atoms with Gasteiger partial charge < -0.3 is 5.32 Å². The van der Waals surface area contributed by atoms with E-state index in [4.69, 9.17) is 0 Å². The minimum absolute atomic E-state index is 0.344. The number of hydrogen-bond donors (Lipinski definition) is 1. The van der Waals surface area contributed by atoms with E-state index < -0.39 is 0 Å². The Kier molecular flexibility index (Phi) is 3.32. The Morgan fingerprint density at radius 1 is 1.12 bits per heavy atom. The van der Waals surface area contributed by atoms with Crippen LogP contribution in [-0.2, 0) is 0 Å². The molecule has 0 saturated heterocycles. The third kappa shape index (κ3) is 2.12. The van der Waals surface area contributed by atoms with Crippen LogP contribution in [0.25, 0.3) is 11.1 Å². The molecule has 1 aromatic carbocycles. The van der Waals surface area contributed by atoms with Gasteiger partial charge >= 0.3 is 0 Å². The molecule has 16 heavy (non-hydrogen) atoms. The molecule has 2 rings (SSSR count). The van der Waals surface area contributed by atoms with E-state index in [0.29, 0.717) is 6.04 Å². The maximum atomic E-state index is 4.17. The van der Waals surface area contributed by atoms with E-state index in [1.807, 2.05) is 19.3 Å². The molecule has 2 nitrogen and oxygen atoms in total. The Bertz CT molecular complexity index is 451. The van der Waals surface area contributed by atoms with Crippen molar-refractivity contribution in [3.63, 3.8) is 0 Å². The van der Waals surface area contributed by atoms with Crippen molar-refractivity contribution in [1.82, 2.24) is 10.3 Å². The fourth-order valence-corrected chi connectivity index (χ4v) is 1.82. The molecule has 1 atom stereocenters. The Morgan fingerprint density at radius 2 is 1.94 bits per heavy atom. The van der Waals surface area contributed by atoms with Gasteiger partial charge in [0.15, 0.2) is 0 Å². The zero-order valence-corrected chi connectivity index (χ0v) is 9.64. The number of nitrogens with one attached hydrogen (secondary N) is 1. The van der Waals surface area contributed by atoms with Crippen LogP contribution < -0.4 is 5.32 Å². The third-order valence-electron chi connectivity index (χ3n) is 2.83. The summed E-state index contributed by atoms with van der Waals surface area (Å²) in [4.78, 5) is 4.17. The van der Waals surface area contributed by atoms with Gasteiger partial charge in [0.25, 0.3) is 0 Å². The van der Waals surface area contributed by atoms with Gasteiger partial charge in [-0.1, -0.05) is 30.3 Å². The van der Waals surface area contributed by atoms with E-state index in [9.17, 15) is 0 Å². The Morgan fingerprint density at radius 3 is 2.62 bits per heavy atom. The molecule has 2 heteroatoms. The molecule has 0 aliphatic carbocycles. The predicted octanol–water partition coefficient (Wildman–Crippen LogP) is 3.03. The molecule has 0 saturated carbocycles. The highest BCUT2D eigenvalue weighted by molar-refractivity contribution is 5.66. The molecular formula is C14H16N2. The van der Waals surface area contributed by atoms with Crippen LogP contribution in [-0.4, -0.2) is 12.0 Å². The SMILES string of the molecule is CNC(C)c1ccccc1-c1cccnc1. The summed E-state index contributed by atoms with van der Waals surface area (Å²) in [7, 11) is 1.98. The predicted molar refractivity (Wildman–Crippen MR) is 67.1 cm³/mol. The maximum Gasteiger partial charge on any atom is 0.0346 e. The molecular weight excluding hydrogens is 196 g/mol. The van der Waals surface area contributed by atoms with Gasteiger partial charge in [-0.15, -0.1) is 0 Å². The minimum atomic E-state index is 0.344. The molecule has 1 aromatic heterocycles. The highest BCUT2D eigenvalue weighted by atomic mass is 14.9. The average Bonchev–Trinajstić information content (AvgIpc) is 2.39. The molecule has 0 amide bonds. The number of rotatable bonds is 3. The van der Waals surface area contributed by atoms with Crippen LogP contribution in [0.1, 0.15) is 18.5 Å². The normalized spacial score (nSPS) is 12.4. The molecule has 0 radical (unpaired) electrons. The molecule has 0 bridgehead atoms. The van der Waals surface area contributed by atoms with E-state index in [-0.39, 0.29) is 0 Å². The highest BCUT2D eigenvalue weighted by Gasteiger charge is 2.09. The molecule has 82 valence electrons. The lowest BCUT2D eigenvalue weighted by molar-refractivity contribution is 0.654. The fraction of sp³-hybridized carbons (Fsp3) is 0.214. The second kappa shape index (κ2) is 4.90. The van der Waals surface area contributed by atoms with Crippen LogP contribution in [0, 0.1) is 0 Å². The highest BCUT2D eigenvalue weighted by Crippen LogP contribution is 2.26. The maximum absolute atomic E-state index is 4.17. The van der Waals surface area contributed by atoms with Gasteiger partial charge in [-0.05, 0) is 31.2 Å². The Labute approximate surface area is 96.4 Å². The lowest BCUT2D eigenvalue weighted by Gasteiger charge is -2.15. The van der Waals surface area contributed by atoms with Crippen molar-refractivity contribution < 1.29 is 0 Å². The summed E-state index contributed by atoms with van der Waals surface area (Å²) in [5.41, 5.74) is 3.72. The van der Waals surface area contributed by atoms with Crippen molar-refractivity contribution in [3.05, 3.63) is 54.4 Å². The number of pyridine rings is 1. The molecule has 1 N–H and O–H groups in total. The van der Waals surface area contributed by atoms with Gasteiger partial charge in [-0.2, -0.15) is 0 Å². The number of hydrogen-bond acceptors (Lipinski definition) is 2. The third-order valence-corrected chi connectivity index (χ3v) is 2.83. The van der Waals surface area contributed by atoms with Crippen molar-refractivity contribution in [1.29, 1.82) is 0 Å². The van der Waals surface area contributed by atoms with Gasteiger partial charge in [0.2, 0.25) is 0 Å². The molecule has 0 aliphatic heterocycles. The summed E-state index contributed by atoms with van der Waals surface area (Å²) in [5, 5.41) is 3.27. The Hall–Kier alpha value is -1.67. The van der Waals surface area contributed by atoms with E-state index in [1.54, 1.807) is 6.20 Å². The van der Waals surface area contributed by atoms with Crippen LogP contribution in [0.3, 0.4) is 0 Å². The standard InChI is InChI=1S/C14H16N2/c1-11(15-2)13-7-3-4-8-14(13)12-6-5-9-16-10-12/h3-11,15H,1-2H3. The smallest absolute Gasteiger partial charge is 0.0346 e.